The number of benzene rings is 1. The first-order chi connectivity index (χ1) is 18.0. The summed E-state index contributed by atoms with van der Waals surface area (Å²) >= 11 is 10.0. The van der Waals surface area contributed by atoms with Crippen molar-refractivity contribution in [3.8, 4) is 0 Å². The van der Waals surface area contributed by atoms with Crippen LogP contribution in [-0.2, 0) is 24.2 Å². The number of pyridine rings is 1. The molecule has 7 nitrogen and oxygen atoms in total. The van der Waals surface area contributed by atoms with E-state index in [4.69, 9.17) is 16.6 Å². The van der Waals surface area contributed by atoms with Crippen LogP contribution in [0.2, 0.25) is 5.02 Å². The molecule has 0 radical (unpaired) electrons. The molecule has 3 aromatic rings. The van der Waals surface area contributed by atoms with E-state index >= 15 is 0 Å². The smallest absolute Gasteiger partial charge is 0.241 e. The summed E-state index contributed by atoms with van der Waals surface area (Å²) in [7, 11) is 2.09. The van der Waals surface area contributed by atoms with E-state index in [1.165, 1.54) is 16.7 Å². The molecule has 2 saturated heterocycles. The molecule has 1 aromatic carbocycles. The van der Waals surface area contributed by atoms with Crippen molar-refractivity contribution in [1.29, 1.82) is 0 Å². The molecule has 3 atom stereocenters. The van der Waals surface area contributed by atoms with Crippen LogP contribution in [0.15, 0.2) is 53.7 Å². The van der Waals surface area contributed by atoms with Crippen molar-refractivity contribution < 1.29 is 4.79 Å². The van der Waals surface area contributed by atoms with Crippen LogP contribution >= 0.6 is 27.5 Å². The highest BCUT2D eigenvalue weighted by Crippen LogP contribution is 2.38. The average Bonchev–Trinajstić information content (AvgIpc) is 3.55. The van der Waals surface area contributed by atoms with Crippen LogP contribution in [0, 0.1) is 0 Å². The highest BCUT2D eigenvalue weighted by atomic mass is 79.9. The Balaban J connectivity index is 1.30. The number of rotatable bonds is 4. The molecule has 0 bridgehead atoms. The number of hydrogen-bond acceptors (Lipinski definition) is 5. The number of hydrogen-bond donors (Lipinski definition) is 0. The monoisotopic (exact) mass is 582 g/mol. The fraction of sp³-hybridized carbons (Fsp3) is 0.464. The van der Waals surface area contributed by atoms with Gasteiger partial charge in [-0.3, -0.25) is 19.6 Å². The first-order valence-corrected chi connectivity index (χ1v) is 14.3. The number of imidazole rings is 1. The SMILES string of the molecule is CN1CCN(C2c3ccc(Cl)cc3CCc3cc(Br)cnc32)C[C@@H]1C(=O)N1CCC[C@@H]1Cn1ccnc1. The molecular weight excluding hydrogens is 552 g/mol. The summed E-state index contributed by atoms with van der Waals surface area (Å²) in [5.74, 6) is 0.240. The third-order valence-corrected chi connectivity index (χ3v) is 8.93. The van der Waals surface area contributed by atoms with E-state index in [0.717, 1.165) is 67.1 Å². The topological polar surface area (TPSA) is 57.5 Å². The Kier molecular flexibility index (Phi) is 7.09. The van der Waals surface area contributed by atoms with Crippen molar-refractivity contribution in [2.75, 3.05) is 33.2 Å². The van der Waals surface area contributed by atoms with Gasteiger partial charge in [0.15, 0.2) is 0 Å². The molecule has 6 rings (SSSR count). The van der Waals surface area contributed by atoms with Gasteiger partial charge in [-0.25, -0.2) is 4.98 Å². The highest BCUT2D eigenvalue weighted by Gasteiger charge is 2.41. The molecule has 3 aliphatic rings. The minimum absolute atomic E-state index is 0.00203. The summed E-state index contributed by atoms with van der Waals surface area (Å²) in [6.07, 6.45) is 11.5. The number of amides is 1. The number of likely N-dealkylation sites (N-methyl/N-ethyl adjacent to an activating group) is 1. The first kappa shape index (κ1) is 25.0. The Morgan fingerprint density at radius 3 is 2.86 bits per heavy atom. The van der Waals surface area contributed by atoms with Crippen molar-refractivity contribution in [2.24, 2.45) is 0 Å². The van der Waals surface area contributed by atoms with Gasteiger partial charge in [0.1, 0.15) is 6.04 Å². The molecule has 37 heavy (non-hydrogen) atoms. The third-order valence-electron chi connectivity index (χ3n) is 8.26. The molecular formula is C28H32BrClN6O. The van der Waals surface area contributed by atoms with Gasteiger partial charge in [-0.2, -0.15) is 0 Å². The third kappa shape index (κ3) is 4.97. The number of aryl methyl sites for hydroxylation is 2. The number of carbonyl (C=O) groups excluding carboxylic acids is 1. The van der Waals surface area contributed by atoms with Crippen LogP contribution < -0.4 is 0 Å². The Bertz CT molecular complexity index is 1230. The zero-order valence-corrected chi connectivity index (χ0v) is 23.4. The largest absolute Gasteiger partial charge is 0.337 e. The molecule has 9 heteroatoms. The molecule has 4 heterocycles. The van der Waals surface area contributed by atoms with E-state index in [2.05, 4.69) is 65.4 Å². The zero-order valence-electron chi connectivity index (χ0n) is 21.1. The summed E-state index contributed by atoms with van der Waals surface area (Å²) in [5.41, 5.74) is 4.88. The number of piperazine rings is 1. The molecule has 0 spiro atoms. The van der Waals surface area contributed by atoms with E-state index in [0.29, 0.717) is 6.54 Å². The number of aromatic nitrogens is 3. The predicted octanol–water partition coefficient (Wildman–Crippen LogP) is 4.19. The van der Waals surface area contributed by atoms with Crippen LogP contribution in [0.1, 0.15) is 41.3 Å². The van der Waals surface area contributed by atoms with Gasteiger partial charge in [0, 0.05) is 66.9 Å². The standard InChI is InChI=1S/C28H32BrClN6O/c1-33-11-12-35(17-25(33)28(37)36-9-2-3-23(36)16-34-10-8-31-18-34)27-24-7-6-22(30)14-19(24)4-5-20-13-21(29)15-32-26(20)27/h6-8,10,13-15,18,23,25,27H,2-5,9,11-12,16-17H2,1H3/t23-,25-,27?/m1/s1. The minimum atomic E-state index is -0.185. The van der Waals surface area contributed by atoms with E-state index in [1.807, 2.05) is 24.8 Å². The molecule has 194 valence electrons. The normalized spacial score (nSPS) is 24.5. The van der Waals surface area contributed by atoms with Crippen molar-refractivity contribution in [1.82, 2.24) is 29.2 Å². The summed E-state index contributed by atoms with van der Waals surface area (Å²) in [5, 5.41) is 0.766. The second-order valence-electron chi connectivity index (χ2n) is 10.5. The van der Waals surface area contributed by atoms with Crippen LogP contribution in [0.3, 0.4) is 0 Å². The number of halogens is 2. The van der Waals surface area contributed by atoms with Gasteiger partial charge in [-0.05, 0) is 83.6 Å². The fourth-order valence-electron chi connectivity index (χ4n) is 6.32. The highest BCUT2D eigenvalue weighted by molar-refractivity contribution is 9.10. The molecule has 2 fully saturated rings. The molecule has 1 unspecified atom stereocenters. The van der Waals surface area contributed by atoms with E-state index in [9.17, 15) is 4.79 Å². The van der Waals surface area contributed by atoms with E-state index in [-0.39, 0.29) is 24.0 Å². The Morgan fingerprint density at radius 1 is 1.16 bits per heavy atom. The number of likely N-dealkylation sites (tertiary alicyclic amines) is 1. The van der Waals surface area contributed by atoms with Gasteiger partial charge < -0.3 is 9.47 Å². The summed E-state index contributed by atoms with van der Waals surface area (Å²) in [4.78, 5) is 30.0. The quantitative estimate of drug-likeness (QED) is 0.461. The summed E-state index contributed by atoms with van der Waals surface area (Å²) < 4.78 is 3.08. The van der Waals surface area contributed by atoms with Gasteiger partial charge in [0.2, 0.25) is 5.91 Å². The number of nitrogens with zero attached hydrogens (tertiary/aromatic N) is 6. The van der Waals surface area contributed by atoms with Crippen LogP contribution in [0.5, 0.6) is 0 Å². The van der Waals surface area contributed by atoms with Gasteiger partial charge >= 0.3 is 0 Å². The van der Waals surface area contributed by atoms with Gasteiger partial charge in [0.05, 0.1) is 18.1 Å². The maximum Gasteiger partial charge on any atom is 0.241 e. The molecule has 0 saturated carbocycles. The molecule has 1 aliphatic carbocycles. The maximum atomic E-state index is 14.0. The maximum absolute atomic E-state index is 14.0. The van der Waals surface area contributed by atoms with Crippen molar-refractivity contribution in [3.05, 3.63) is 81.1 Å². The Labute approximate surface area is 231 Å². The second-order valence-corrected chi connectivity index (χ2v) is 11.9. The van der Waals surface area contributed by atoms with Gasteiger partial charge in [0.25, 0.3) is 0 Å². The summed E-state index contributed by atoms with van der Waals surface area (Å²) in [6.45, 7) is 4.01. The predicted molar refractivity (Wildman–Crippen MR) is 148 cm³/mol. The van der Waals surface area contributed by atoms with Crippen molar-refractivity contribution >= 4 is 33.4 Å². The Morgan fingerprint density at radius 2 is 2.03 bits per heavy atom. The van der Waals surface area contributed by atoms with Crippen molar-refractivity contribution in [2.45, 2.75) is 50.4 Å². The van der Waals surface area contributed by atoms with Crippen LogP contribution in [0.25, 0.3) is 0 Å². The molecule has 0 N–H and O–H groups in total. The van der Waals surface area contributed by atoms with Crippen molar-refractivity contribution in [3.63, 3.8) is 0 Å². The van der Waals surface area contributed by atoms with Gasteiger partial charge in [-0.15, -0.1) is 0 Å². The van der Waals surface area contributed by atoms with Crippen LogP contribution in [0.4, 0.5) is 0 Å². The Hall–Kier alpha value is -2.26. The van der Waals surface area contributed by atoms with Gasteiger partial charge in [-0.1, -0.05) is 17.7 Å². The minimum Gasteiger partial charge on any atom is -0.337 e. The van der Waals surface area contributed by atoms with E-state index in [1.54, 1.807) is 6.20 Å². The first-order valence-electron chi connectivity index (χ1n) is 13.1. The van der Waals surface area contributed by atoms with Crippen LogP contribution in [-0.4, -0.2) is 80.5 Å². The fourth-order valence-corrected chi connectivity index (χ4v) is 6.90. The molecule has 2 aromatic heterocycles. The van der Waals surface area contributed by atoms with E-state index < -0.39 is 0 Å². The lowest BCUT2D eigenvalue weighted by atomic mass is 9.95. The summed E-state index contributed by atoms with van der Waals surface area (Å²) in [6, 6.07) is 8.49. The number of carbonyl (C=O) groups is 1. The molecule has 2 aliphatic heterocycles. The average molecular weight is 584 g/mol. The molecule has 1 amide bonds. The lowest BCUT2D eigenvalue weighted by Crippen LogP contribution is -2.59. The lowest BCUT2D eigenvalue weighted by Gasteiger charge is -2.44. The second kappa shape index (κ2) is 10.5. The zero-order chi connectivity index (χ0) is 25.5. The number of fused-ring (bicyclic) bond motifs is 2. The lowest BCUT2D eigenvalue weighted by molar-refractivity contribution is -0.140.